The van der Waals surface area contributed by atoms with Crippen molar-refractivity contribution in [2.24, 2.45) is 0 Å². The van der Waals surface area contributed by atoms with E-state index < -0.39 is 0 Å². The molecule has 2 unspecified atom stereocenters. The zero-order valence-electron chi connectivity index (χ0n) is 15.5. The summed E-state index contributed by atoms with van der Waals surface area (Å²) in [4.78, 5) is 12.4. The number of ketones is 1. The van der Waals surface area contributed by atoms with Crippen LogP contribution in [0.2, 0.25) is 0 Å². The molecule has 0 bridgehead atoms. The Kier molecular flexibility index (Phi) is 5.78. The Labute approximate surface area is 154 Å². The standard InChI is InChI=1S/C21H25NO4/c1-14(20-13-16-6-4-5-7-18(16)26-20)22-11-10-17(23)15-8-9-19(24-2)21(12-15)25-3/h4-9,12,14,20,22H,10-11,13H2,1-3H3. The number of benzene rings is 2. The van der Waals surface area contributed by atoms with Crippen LogP contribution in [-0.4, -0.2) is 38.7 Å². The smallest absolute Gasteiger partial charge is 0.164 e. The first kappa shape index (κ1) is 18.3. The number of rotatable bonds is 8. The Balaban J connectivity index is 1.50. The average Bonchev–Trinajstić information content (AvgIpc) is 3.11. The van der Waals surface area contributed by atoms with Gasteiger partial charge in [-0.05, 0) is 36.8 Å². The lowest BCUT2D eigenvalue weighted by molar-refractivity contribution is 0.0978. The summed E-state index contributed by atoms with van der Waals surface area (Å²) in [6.07, 6.45) is 1.41. The van der Waals surface area contributed by atoms with E-state index in [-0.39, 0.29) is 17.9 Å². The molecule has 1 N–H and O–H groups in total. The normalized spacial score (nSPS) is 16.5. The summed E-state index contributed by atoms with van der Waals surface area (Å²) >= 11 is 0. The maximum absolute atomic E-state index is 12.4. The number of Topliss-reactive ketones (excluding diaryl/α,β-unsaturated/α-hetero) is 1. The van der Waals surface area contributed by atoms with Crippen molar-refractivity contribution in [3.8, 4) is 17.2 Å². The van der Waals surface area contributed by atoms with Gasteiger partial charge in [-0.15, -0.1) is 0 Å². The van der Waals surface area contributed by atoms with E-state index in [4.69, 9.17) is 14.2 Å². The van der Waals surface area contributed by atoms with Gasteiger partial charge in [0.2, 0.25) is 0 Å². The highest BCUT2D eigenvalue weighted by molar-refractivity contribution is 5.96. The van der Waals surface area contributed by atoms with Gasteiger partial charge in [0.05, 0.1) is 14.2 Å². The molecular formula is C21H25NO4. The number of nitrogens with one attached hydrogen (secondary N) is 1. The largest absolute Gasteiger partial charge is 0.493 e. The van der Waals surface area contributed by atoms with Gasteiger partial charge in [-0.3, -0.25) is 4.79 Å². The van der Waals surface area contributed by atoms with Crippen LogP contribution >= 0.6 is 0 Å². The molecule has 2 atom stereocenters. The molecule has 3 rings (SSSR count). The van der Waals surface area contributed by atoms with E-state index in [1.807, 2.05) is 18.2 Å². The number of carbonyl (C=O) groups is 1. The zero-order valence-corrected chi connectivity index (χ0v) is 15.5. The van der Waals surface area contributed by atoms with Crippen LogP contribution in [0.1, 0.15) is 29.3 Å². The van der Waals surface area contributed by atoms with Crippen molar-refractivity contribution in [2.45, 2.75) is 31.9 Å². The number of hydrogen-bond donors (Lipinski definition) is 1. The molecule has 0 aliphatic carbocycles. The number of carbonyl (C=O) groups excluding carboxylic acids is 1. The monoisotopic (exact) mass is 355 g/mol. The average molecular weight is 355 g/mol. The van der Waals surface area contributed by atoms with E-state index in [0.717, 1.165) is 12.2 Å². The van der Waals surface area contributed by atoms with Gasteiger partial charge < -0.3 is 19.5 Å². The lowest BCUT2D eigenvalue weighted by atomic mass is 10.0. The fourth-order valence-corrected chi connectivity index (χ4v) is 3.19. The summed E-state index contributed by atoms with van der Waals surface area (Å²) in [5, 5.41) is 3.41. The molecule has 138 valence electrons. The second kappa shape index (κ2) is 8.23. The number of hydrogen-bond acceptors (Lipinski definition) is 5. The number of fused-ring (bicyclic) bond motifs is 1. The summed E-state index contributed by atoms with van der Waals surface area (Å²) in [5.74, 6) is 2.22. The summed E-state index contributed by atoms with van der Waals surface area (Å²) in [7, 11) is 3.14. The molecule has 0 saturated carbocycles. The highest BCUT2D eigenvalue weighted by Gasteiger charge is 2.27. The summed E-state index contributed by atoms with van der Waals surface area (Å²) in [5.41, 5.74) is 1.87. The molecule has 2 aromatic rings. The van der Waals surface area contributed by atoms with E-state index >= 15 is 0 Å². The highest BCUT2D eigenvalue weighted by Crippen LogP contribution is 2.30. The molecule has 0 fully saturated rings. The molecule has 2 aromatic carbocycles. The molecule has 5 nitrogen and oxygen atoms in total. The SMILES string of the molecule is COc1ccc(C(=O)CCNC(C)C2Cc3ccccc3O2)cc1OC. The Bertz CT molecular complexity index is 749. The quantitative estimate of drug-likeness (QED) is 0.737. The van der Waals surface area contributed by atoms with Crippen molar-refractivity contribution >= 4 is 5.78 Å². The number of para-hydroxylation sites is 1. The van der Waals surface area contributed by atoms with Crippen LogP contribution in [0.3, 0.4) is 0 Å². The van der Waals surface area contributed by atoms with Crippen molar-refractivity contribution in [3.63, 3.8) is 0 Å². The topological polar surface area (TPSA) is 56.8 Å². The second-order valence-electron chi connectivity index (χ2n) is 6.45. The Morgan fingerprint density at radius 2 is 1.96 bits per heavy atom. The van der Waals surface area contributed by atoms with Crippen molar-refractivity contribution < 1.29 is 19.0 Å². The molecule has 0 spiro atoms. The predicted molar refractivity (Wildman–Crippen MR) is 101 cm³/mol. The molecule has 0 saturated heterocycles. The van der Waals surface area contributed by atoms with Gasteiger partial charge in [-0.2, -0.15) is 0 Å². The Hall–Kier alpha value is -2.53. The predicted octanol–water partition coefficient (Wildman–Crippen LogP) is 3.26. The number of ether oxygens (including phenoxy) is 3. The molecule has 1 aliphatic rings. The molecule has 0 aromatic heterocycles. The molecule has 0 radical (unpaired) electrons. The third kappa shape index (κ3) is 3.99. The first-order valence-corrected chi connectivity index (χ1v) is 8.85. The second-order valence-corrected chi connectivity index (χ2v) is 6.45. The van der Waals surface area contributed by atoms with Gasteiger partial charge in [0.15, 0.2) is 17.3 Å². The summed E-state index contributed by atoms with van der Waals surface area (Å²) in [6, 6.07) is 13.5. The van der Waals surface area contributed by atoms with E-state index in [0.29, 0.717) is 30.0 Å². The van der Waals surface area contributed by atoms with Gasteiger partial charge in [0.25, 0.3) is 0 Å². The van der Waals surface area contributed by atoms with E-state index in [2.05, 4.69) is 18.3 Å². The lowest BCUT2D eigenvalue weighted by Crippen LogP contribution is -2.40. The Morgan fingerprint density at radius 3 is 2.69 bits per heavy atom. The third-order valence-electron chi connectivity index (χ3n) is 4.75. The van der Waals surface area contributed by atoms with Gasteiger partial charge in [0, 0.05) is 31.0 Å². The van der Waals surface area contributed by atoms with Crippen LogP contribution < -0.4 is 19.5 Å². The third-order valence-corrected chi connectivity index (χ3v) is 4.75. The fourth-order valence-electron chi connectivity index (χ4n) is 3.19. The van der Waals surface area contributed by atoms with E-state index in [9.17, 15) is 4.79 Å². The zero-order chi connectivity index (χ0) is 18.5. The minimum absolute atomic E-state index is 0.0706. The number of methoxy groups -OCH3 is 2. The van der Waals surface area contributed by atoms with Crippen molar-refractivity contribution in [1.82, 2.24) is 5.32 Å². The molecular weight excluding hydrogens is 330 g/mol. The molecule has 1 heterocycles. The van der Waals surface area contributed by atoms with Crippen LogP contribution in [0.5, 0.6) is 17.2 Å². The van der Waals surface area contributed by atoms with E-state index in [1.54, 1.807) is 32.4 Å². The van der Waals surface area contributed by atoms with Crippen LogP contribution in [0.15, 0.2) is 42.5 Å². The van der Waals surface area contributed by atoms with Gasteiger partial charge >= 0.3 is 0 Å². The maximum atomic E-state index is 12.4. The molecule has 0 amide bonds. The minimum atomic E-state index is 0.0706. The van der Waals surface area contributed by atoms with Crippen molar-refractivity contribution in [1.29, 1.82) is 0 Å². The van der Waals surface area contributed by atoms with Crippen LogP contribution in [0.4, 0.5) is 0 Å². The first-order chi connectivity index (χ1) is 12.6. The molecule has 26 heavy (non-hydrogen) atoms. The van der Waals surface area contributed by atoms with Crippen LogP contribution in [0.25, 0.3) is 0 Å². The minimum Gasteiger partial charge on any atom is -0.493 e. The fraction of sp³-hybridized carbons (Fsp3) is 0.381. The maximum Gasteiger partial charge on any atom is 0.164 e. The van der Waals surface area contributed by atoms with Gasteiger partial charge in [-0.25, -0.2) is 0 Å². The van der Waals surface area contributed by atoms with Crippen molar-refractivity contribution in [3.05, 3.63) is 53.6 Å². The highest BCUT2D eigenvalue weighted by atomic mass is 16.5. The van der Waals surface area contributed by atoms with Crippen LogP contribution in [-0.2, 0) is 6.42 Å². The summed E-state index contributed by atoms with van der Waals surface area (Å²) < 4.78 is 16.5. The summed E-state index contributed by atoms with van der Waals surface area (Å²) in [6.45, 7) is 2.70. The Morgan fingerprint density at radius 1 is 1.19 bits per heavy atom. The van der Waals surface area contributed by atoms with E-state index in [1.165, 1.54) is 5.56 Å². The molecule has 5 heteroatoms. The van der Waals surface area contributed by atoms with Crippen molar-refractivity contribution in [2.75, 3.05) is 20.8 Å². The van der Waals surface area contributed by atoms with Crippen LogP contribution in [0, 0.1) is 0 Å². The first-order valence-electron chi connectivity index (χ1n) is 8.85. The lowest BCUT2D eigenvalue weighted by Gasteiger charge is -2.20. The molecule has 1 aliphatic heterocycles. The van der Waals surface area contributed by atoms with Gasteiger partial charge in [0.1, 0.15) is 11.9 Å². The van der Waals surface area contributed by atoms with Gasteiger partial charge in [-0.1, -0.05) is 18.2 Å².